The summed E-state index contributed by atoms with van der Waals surface area (Å²) in [5, 5.41) is 8.24. The summed E-state index contributed by atoms with van der Waals surface area (Å²) in [6, 6.07) is 14.7. The standard InChI is InChI=1S/C20H14N6S/c1-2-4-18-17(3-1)26(12-27-18)20-19-21-7-8-25(19)11-16(23-20)13-5-6-14-10-22-24-15(14)9-13/h1-11H,12H2,(H,22,24). The summed E-state index contributed by atoms with van der Waals surface area (Å²) in [6.07, 6.45) is 7.64. The van der Waals surface area contributed by atoms with Crippen molar-refractivity contribution in [3.8, 4) is 11.3 Å². The highest BCUT2D eigenvalue weighted by molar-refractivity contribution is 7.99. The molecule has 6 nitrogen and oxygen atoms in total. The van der Waals surface area contributed by atoms with Crippen LogP contribution in [0.3, 0.4) is 0 Å². The number of thioether (sulfide) groups is 1. The minimum atomic E-state index is 0.831. The van der Waals surface area contributed by atoms with Crippen molar-refractivity contribution < 1.29 is 0 Å². The van der Waals surface area contributed by atoms with Crippen LogP contribution in [-0.4, -0.2) is 30.4 Å². The van der Waals surface area contributed by atoms with Crippen LogP contribution in [-0.2, 0) is 0 Å². The largest absolute Gasteiger partial charge is 0.312 e. The van der Waals surface area contributed by atoms with Gasteiger partial charge in [0.25, 0.3) is 0 Å². The second-order valence-corrected chi connectivity index (χ2v) is 7.44. The topological polar surface area (TPSA) is 62.1 Å². The summed E-state index contributed by atoms with van der Waals surface area (Å²) < 4.78 is 2.04. The van der Waals surface area contributed by atoms with E-state index in [0.717, 1.165) is 39.5 Å². The number of anilines is 2. The zero-order chi connectivity index (χ0) is 17.8. The number of imidazole rings is 1. The summed E-state index contributed by atoms with van der Waals surface area (Å²) in [4.78, 5) is 13.1. The maximum Gasteiger partial charge on any atom is 0.180 e. The molecule has 0 aliphatic carbocycles. The van der Waals surface area contributed by atoms with Crippen LogP contribution in [0.2, 0.25) is 0 Å². The first-order valence-electron chi connectivity index (χ1n) is 8.63. The average molecular weight is 370 g/mol. The van der Waals surface area contributed by atoms with E-state index >= 15 is 0 Å². The van der Waals surface area contributed by atoms with Gasteiger partial charge in [0.2, 0.25) is 0 Å². The van der Waals surface area contributed by atoms with E-state index in [2.05, 4.69) is 62.5 Å². The molecule has 1 aliphatic heterocycles. The minimum absolute atomic E-state index is 0.831. The number of aromatic amines is 1. The van der Waals surface area contributed by atoms with Gasteiger partial charge in [0.05, 0.1) is 29.0 Å². The molecule has 0 spiro atoms. The summed E-state index contributed by atoms with van der Waals surface area (Å²) in [5.74, 6) is 1.71. The predicted molar refractivity (Wildman–Crippen MR) is 107 cm³/mol. The Labute approximate surface area is 158 Å². The second-order valence-electron chi connectivity index (χ2n) is 6.45. The van der Waals surface area contributed by atoms with Gasteiger partial charge in [0.15, 0.2) is 11.5 Å². The van der Waals surface area contributed by atoms with Crippen LogP contribution in [0.1, 0.15) is 0 Å². The highest BCUT2D eigenvalue weighted by atomic mass is 32.2. The molecule has 27 heavy (non-hydrogen) atoms. The number of benzene rings is 2. The van der Waals surface area contributed by atoms with E-state index < -0.39 is 0 Å². The van der Waals surface area contributed by atoms with Crippen molar-refractivity contribution in [2.24, 2.45) is 0 Å². The molecule has 1 N–H and O–H groups in total. The first-order valence-corrected chi connectivity index (χ1v) is 9.62. The predicted octanol–water partition coefficient (Wildman–Crippen LogP) is 4.47. The molecule has 5 aromatic rings. The lowest BCUT2D eigenvalue weighted by atomic mass is 10.1. The molecular formula is C20H14N6S. The molecule has 0 saturated carbocycles. The van der Waals surface area contributed by atoms with Crippen molar-refractivity contribution in [1.82, 2.24) is 24.6 Å². The lowest BCUT2D eigenvalue weighted by Gasteiger charge is -2.19. The fourth-order valence-electron chi connectivity index (χ4n) is 3.51. The first kappa shape index (κ1) is 14.8. The first-order chi connectivity index (χ1) is 13.4. The van der Waals surface area contributed by atoms with Gasteiger partial charge in [0.1, 0.15) is 0 Å². The number of hydrogen-bond acceptors (Lipinski definition) is 5. The molecule has 0 bridgehead atoms. The highest BCUT2D eigenvalue weighted by Gasteiger charge is 2.25. The van der Waals surface area contributed by atoms with Crippen LogP contribution >= 0.6 is 11.8 Å². The molecule has 130 valence electrons. The zero-order valence-corrected chi connectivity index (χ0v) is 15.0. The number of aromatic nitrogens is 5. The van der Waals surface area contributed by atoms with Crippen LogP contribution in [0.25, 0.3) is 27.8 Å². The van der Waals surface area contributed by atoms with E-state index in [1.807, 2.05) is 40.9 Å². The molecule has 7 heteroatoms. The molecule has 0 amide bonds. The Hall–Kier alpha value is -3.32. The fourth-order valence-corrected chi connectivity index (χ4v) is 4.54. The monoisotopic (exact) mass is 370 g/mol. The number of nitrogens with zero attached hydrogens (tertiary/aromatic N) is 5. The third-order valence-electron chi connectivity index (χ3n) is 4.85. The van der Waals surface area contributed by atoms with Gasteiger partial charge in [-0.25, -0.2) is 9.97 Å². The van der Waals surface area contributed by atoms with Crippen LogP contribution in [0.4, 0.5) is 11.5 Å². The summed E-state index contributed by atoms with van der Waals surface area (Å²) in [7, 11) is 0. The van der Waals surface area contributed by atoms with Crippen molar-refractivity contribution in [3.05, 3.63) is 67.3 Å². The zero-order valence-electron chi connectivity index (χ0n) is 14.2. The molecule has 2 aromatic carbocycles. The number of rotatable bonds is 2. The Balaban J connectivity index is 1.56. The van der Waals surface area contributed by atoms with Gasteiger partial charge < -0.3 is 9.30 Å². The van der Waals surface area contributed by atoms with Crippen molar-refractivity contribution in [1.29, 1.82) is 0 Å². The van der Waals surface area contributed by atoms with Crippen LogP contribution in [0, 0.1) is 0 Å². The number of fused-ring (bicyclic) bond motifs is 3. The number of hydrogen-bond donors (Lipinski definition) is 1. The van der Waals surface area contributed by atoms with E-state index in [-0.39, 0.29) is 0 Å². The SMILES string of the molecule is c1ccc2c(c1)SCN2c1nc(-c2ccc3cn[nH]c3c2)cn2ccnc12. The van der Waals surface area contributed by atoms with E-state index in [9.17, 15) is 0 Å². The number of para-hydroxylation sites is 1. The van der Waals surface area contributed by atoms with E-state index in [1.165, 1.54) is 10.6 Å². The third kappa shape index (κ3) is 2.25. The van der Waals surface area contributed by atoms with E-state index in [1.54, 1.807) is 0 Å². The second kappa shape index (κ2) is 5.59. The molecule has 0 saturated heterocycles. The average Bonchev–Trinajstić information content (AvgIpc) is 3.44. The normalized spacial score (nSPS) is 13.6. The Bertz CT molecular complexity index is 1300. The maximum absolute atomic E-state index is 5.01. The Morgan fingerprint density at radius 1 is 1.11 bits per heavy atom. The smallest absolute Gasteiger partial charge is 0.180 e. The number of nitrogens with one attached hydrogen (secondary N) is 1. The molecule has 4 heterocycles. The molecule has 3 aromatic heterocycles. The van der Waals surface area contributed by atoms with Crippen molar-refractivity contribution >= 4 is 39.8 Å². The molecule has 1 aliphatic rings. The van der Waals surface area contributed by atoms with Gasteiger partial charge in [-0.3, -0.25) is 5.10 Å². The molecule has 0 fully saturated rings. The number of H-pyrrole nitrogens is 1. The molecule has 6 rings (SSSR count). The van der Waals surface area contributed by atoms with Crippen LogP contribution in [0.5, 0.6) is 0 Å². The van der Waals surface area contributed by atoms with Gasteiger partial charge in [-0.2, -0.15) is 5.10 Å². The van der Waals surface area contributed by atoms with E-state index in [0.29, 0.717) is 0 Å². The minimum Gasteiger partial charge on any atom is -0.312 e. The lowest BCUT2D eigenvalue weighted by Crippen LogP contribution is -2.15. The van der Waals surface area contributed by atoms with Gasteiger partial charge >= 0.3 is 0 Å². The Kier molecular flexibility index (Phi) is 3.06. The third-order valence-corrected chi connectivity index (χ3v) is 5.90. The highest BCUT2D eigenvalue weighted by Crippen LogP contribution is 2.43. The van der Waals surface area contributed by atoms with Crippen molar-refractivity contribution in [2.45, 2.75) is 4.90 Å². The Morgan fingerprint density at radius 3 is 3.07 bits per heavy atom. The maximum atomic E-state index is 5.01. The summed E-state index contributed by atoms with van der Waals surface area (Å²) in [6.45, 7) is 0. The van der Waals surface area contributed by atoms with Crippen LogP contribution < -0.4 is 4.90 Å². The van der Waals surface area contributed by atoms with E-state index in [4.69, 9.17) is 4.98 Å². The molecule has 0 radical (unpaired) electrons. The van der Waals surface area contributed by atoms with Crippen molar-refractivity contribution in [3.63, 3.8) is 0 Å². The summed E-state index contributed by atoms with van der Waals surface area (Å²) >= 11 is 1.82. The van der Waals surface area contributed by atoms with Gasteiger partial charge in [0, 0.05) is 34.4 Å². The van der Waals surface area contributed by atoms with Gasteiger partial charge in [-0.05, 0) is 18.2 Å². The van der Waals surface area contributed by atoms with Gasteiger partial charge in [-0.15, -0.1) is 11.8 Å². The fraction of sp³-hybridized carbons (Fsp3) is 0.0500. The van der Waals surface area contributed by atoms with Gasteiger partial charge in [-0.1, -0.05) is 24.3 Å². The Morgan fingerprint density at radius 2 is 2.07 bits per heavy atom. The van der Waals surface area contributed by atoms with Crippen LogP contribution in [0.15, 0.2) is 72.1 Å². The molecular weight excluding hydrogens is 356 g/mol. The molecule has 0 unspecified atom stereocenters. The quantitative estimate of drug-likeness (QED) is 0.497. The molecule has 0 atom stereocenters. The lowest BCUT2D eigenvalue weighted by molar-refractivity contribution is 1.06. The van der Waals surface area contributed by atoms with Crippen molar-refractivity contribution in [2.75, 3.05) is 10.8 Å². The summed E-state index contributed by atoms with van der Waals surface area (Å²) in [5.41, 5.74) is 4.99.